The Labute approximate surface area is 182 Å². The van der Waals surface area contributed by atoms with Crippen LogP contribution in [0.15, 0.2) is 47.4 Å². The second-order valence-corrected chi connectivity index (χ2v) is 7.29. The van der Waals surface area contributed by atoms with E-state index in [2.05, 4.69) is 5.32 Å². The first-order valence-corrected chi connectivity index (χ1v) is 9.31. The number of aromatic nitrogens is 1. The van der Waals surface area contributed by atoms with Crippen LogP contribution in [0, 0.1) is 5.82 Å². The summed E-state index contributed by atoms with van der Waals surface area (Å²) >= 11 is 11.9. The first-order chi connectivity index (χ1) is 13.7. The van der Waals surface area contributed by atoms with Crippen molar-refractivity contribution in [2.75, 3.05) is 5.32 Å². The lowest BCUT2D eigenvalue weighted by Crippen LogP contribution is -2.31. The molecule has 158 valence electrons. The van der Waals surface area contributed by atoms with Gasteiger partial charge in [0.2, 0.25) is 11.8 Å². The van der Waals surface area contributed by atoms with Crippen molar-refractivity contribution >= 4 is 51.5 Å². The van der Waals surface area contributed by atoms with Crippen molar-refractivity contribution in [3.8, 4) is 0 Å². The molecule has 0 saturated carbocycles. The summed E-state index contributed by atoms with van der Waals surface area (Å²) < 4.78 is 15.1. The number of carbonyl (C=O) groups excluding carboxylic acids is 2. The molecule has 6 nitrogen and oxygen atoms in total. The van der Waals surface area contributed by atoms with Crippen molar-refractivity contribution in [1.82, 2.24) is 4.57 Å². The summed E-state index contributed by atoms with van der Waals surface area (Å²) in [7, 11) is 0. The maximum Gasteiger partial charge on any atom is 0.259 e. The number of pyridine rings is 1. The Morgan fingerprint density at radius 2 is 1.87 bits per heavy atom. The van der Waals surface area contributed by atoms with Crippen LogP contribution in [-0.2, 0) is 16.0 Å². The molecular weight excluding hydrogens is 432 g/mol. The first-order valence-electron chi connectivity index (χ1n) is 8.55. The first kappa shape index (κ1) is 23.4. The number of halogens is 3. The number of carbonyl (C=O) groups is 2. The number of anilines is 1. The highest BCUT2D eigenvalue weighted by molar-refractivity contribution is 6.35. The smallest absolute Gasteiger partial charge is 0.259 e. The molecule has 0 saturated heterocycles. The van der Waals surface area contributed by atoms with Crippen LogP contribution in [0.4, 0.5) is 10.1 Å². The van der Waals surface area contributed by atoms with Crippen molar-refractivity contribution in [2.45, 2.75) is 26.8 Å². The minimum atomic E-state index is -0.839. The van der Waals surface area contributed by atoms with Gasteiger partial charge in [-0.15, -0.1) is 0 Å². The second kappa shape index (κ2) is 9.28. The van der Waals surface area contributed by atoms with Gasteiger partial charge in [-0.3, -0.25) is 14.4 Å². The second-order valence-electron chi connectivity index (χ2n) is 6.45. The summed E-state index contributed by atoms with van der Waals surface area (Å²) in [6, 6.07) is 7.71. The van der Waals surface area contributed by atoms with Crippen LogP contribution >= 0.6 is 23.2 Å². The average Bonchev–Trinajstić information content (AvgIpc) is 2.66. The Kier molecular flexibility index (Phi) is 7.23. The predicted octanol–water partition coefficient (Wildman–Crippen LogP) is 4.31. The lowest BCUT2D eigenvalue weighted by Gasteiger charge is -2.15. The summed E-state index contributed by atoms with van der Waals surface area (Å²) in [5, 5.41) is 3.71. The monoisotopic (exact) mass is 451 g/mol. The number of fused-ring (bicyclic) bond motifs is 1. The number of benzene rings is 2. The zero-order chi connectivity index (χ0) is 21.3. The Balaban J connectivity index is 0.00000320. The molecule has 9 heteroatoms. The Morgan fingerprint density at radius 3 is 2.50 bits per heavy atom. The highest BCUT2D eigenvalue weighted by Gasteiger charge is 2.18. The normalized spacial score (nSPS) is 11.6. The Bertz CT molecular complexity index is 1190. The van der Waals surface area contributed by atoms with E-state index in [-0.39, 0.29) is 40.5 Å². The molecule has 0 unspecified atom stereocenters. The summed E-state index contributed by atoms with van der Waals surface area (Å²) in [5.41, 5.74) is 5.22. The SMILES string of the molecule is C.C[C@H](C(N)=O)n1ccc2c(NC(=O)Cc3ccc(Cl)cc3F)c(Cl)ccc2c1=O. The van der Waals surface area contributed by atoms with Gasteiger partial charge < -0.3 is 15.6 Å². The summed E-state index contributed by atoms with van der Waals surface area (Å²) in [4.78, 5) is 36.6. The maximum atomic E-state index is 13.9. The largest absolute Gasteiger partial charge is 0.368 e. The van der Waals surface area contributed by atoms with E-state index in [1.54, 1.807) is 6.07 Å². The third-order valence-corrected chi connectivity index (χ3v) is 5.07. The molecule has 0 aliphatic carbocycles. The van der Waals surface area contributed by atoms with Gasteiger partial charge in [0.1, 0.15) is 11.9 Å². The number of nitrogens with two attached hydrogens (primary N) is 1. The Hall–Kier alpha value is -2.90. The van der Waals surface area contributed by atoms with Crippen LogP contribution in [0.5, 0.6) is 0 Å². The van der Waals surface area contributed by atoms with E-state index in [9.17, 15) is 18.8 Å². The predicted molar refractivity (Wildman–Crippen MR) is 118 cm³/mol. The minimum Gasteiger partial charge on any atom is -0.368 e. The van der Waals surface area contributed by atoms with E-state index < -0.39 is 29.2 Å². The fraction of sp³-hybridized carbons (Fsp3) is 0.190. The van der Waals surface area contributed by atoms with Gasteiger partial charge in [-0.05, 0) is 42.8 Å². The quantitative estimate of drug-likeness (QED) is 0.604. The van der Waals surface area contributed by atoms with Crippen molar-refractivity contribution in [3.05, 3.63) is 74.4 Å². The van der Waals surface area contributed by atoms with Gasteiger partial charge in [0.05, 0.1) is 17.1 Å². The zero-order valence-electron chi connectivity index (χ0n) is 15.2. The molecule has 0 aliphatic rings. The van der Waals surface area contributed by atoms with Gasteiger partial charge in [-0.1, -0.05) is 36.7 Å². The van der Waals surface area contributed by atoms with Crippen LogP contribution < -0.4 is 16.6 Å². The molecule has 2 amide bonds. The molecular formula is C21H20Cl2FN3O3. The fourth-order valence-corrected chi connectivity index (χ4v) is 3.28. The van der Waals surface area contributed by atoms with Crippen LogP contribution in [0.1, 0.15) is 26.0 Å². The summed E-state index contributed by atoms with van der Waals surface area (Å²) in [6.45, 7) is 1.51. The topological polar surface area (TPSA) is 94.2 Å². The standard InChI is InChI=1S/C20H16Cl2FN3O3.CH4/c1-10(19(24)28)26-7-6-13-14(20(26)29)4-5-15(22)18(13)25-17(27)8-11-2-3-12(21)9-16(11)23;/h2-7,9-10H,8H2,1H3,(H2,24,28)(H,25,27);1H4/t10-;/m1./s1. The minimum absolute atomic E-state index is 0. The van der Waals surface area contributed by atoms with Crippen LogP contribution in [0.3, 0.4) is 0 Å². The van der Waals surface area contributed by atoms with Gasteiger partial charge in [0.15, 0.2) is 0 Å². The van der Waals surface area contributed by atoms with Gasteiger partial charge in [0, 0.05) is 22.0 Å². The number of hydrogen-bond acceptors (Lipinski definition) is 3. The molecule has 0 fully saturated rings. The number of rotatable bonds is 5. The average molecular weight is 452 g/mol. The molecule has 2 aromatic carbocycles. The molecule has 30 heavy (non-hydrogen) atoms. The van der Waals surface area contributed by atoms with E-state index in [0.717, 1.165) is 6.07 Å². The lowest BCUT2D eigenvalue weighted by molar-refractivity contribution is -0.120. The van der Waals surface area contributed by atoms with E-state index in [0.29, 0.717) is 5.39 Å². The molecule has 0 spiro atoms. The molecule has 3 rings (SSSR count). The van der Waals surface area contributed by atoms with Crippen LogP contribution in [-0.4, -0.2) is 16.4 Å². The van der Waals surface area contributed by atoms with Gasteiger partial charge in [-0.2, -0.15) is 0 Å². The summed E-state index contributed by atoms with van der Waals surface area (Å²) in [5.74, 6) is -1.77. The zero-order valence-corrected chi connectivity index (χ0v) is 16.7. The number of nitrogens with zero attached hydrogens (tertiary/aromatic N) is 1. The third kappa shape index (κ3) is 4.63. The van der Waals surface area contributed by atoms with E-state index in [4.69, 9.17) is 28.9 Å². The molecule has 1 atom stereocenters. The fourth-order valence-electron chi connectivity index (χ4n) is 2.90. The van der Waals surface area contributed by atoms with E-state index >= 15 is 0 Å². The van der Waals surface area contributed by atoms with Gasteiger partial charge in [-0.25, -0.2) is 4.39 Å². The number of primary amides is 1. The molecule has 3 aromatic rings. The van der Waals surface area contributed by atoms with E-state index in [1.165, 1.54) is 42.0 Å². The molecule has 1 heterocycles. The van der Waals surface area contributed by atoms with Crippen molar-refractivity contribution in [1.29, 1.82) is 0 Å². The van der Waals surface area contributed by atoms with Crippen molar-refractivity contribution in [3.63, 3.8) is 0 Å². The molecule has 0 radical (unpaired) electrons. The number of hydrogen-bond donors (Lipinski definition) is 2. The molecule has 3 N–H and O–H groups in total. The number of nitrogens with one attached hydrogen (secondary N) is 1. The maximum absolute atomic E-state index is 13.9. The van der Waals surface area contributed by atoms with Crippen LogP contribution in [0.2, 0.25) is 10.0 Å². The van der Waals surface area contributed by atoms with Gasteiger partial charge in [0.25, 0.3) is 5.56 Å². The highest BCUT2D eigenvalue weighted by atomic mass is 35.5. The van der Waals surface area contributed by atoms with Crippen molar-refractivity contribution in [2.24, 2.45) is 5.73 Å². The third-order valence-electron chi connectivity index (χ3n) is 4.52. The van der Waals surface area contributed by atoms with E-state index in [1.807, 2.05) is 0 Å². The van der Waals surface area contributed by atoms with Crippen LogP contribution in [0.25, 0.3) is 10.8 Å². The lowest BCUT2D eigenvalue weighted by atomic mass is 10.1. The molecule has 1 aromatic heterocycles. The molecule has 0 bridgehead atoms. The van der Waals surface area contributed by atoms with Gasteiger partial charge >= 0.3 is 0 Å². The van der Waals surface area contributed by atoms with Crippen molar-refractivity contribution < 1.29 is 14.0 Å². The highest BCUT2D eigenvalue weighted by Crippen LogP contribution is 2.30. The molecule has 0 aliphatic heterocycles. The Morgan fingerprint density at radius 1 is 1.17 bits per heavy atom. The summed E-state index contributed by atoms with van der Waals surface area (Å²) in [6.07, 6.45) is 1.16. The number of amides is 2.